The molecule has 1 heterocycles. The van der Waals surface area contributed by atoms with Gasteiger partial charge in [-0.25, -0.2) is 0 Å². The van der Waals surface area contributed by atoms with Gasteiger partial charge in [-0.3, -0.25) is 28.8 Å². The fraction of sp³-hybridized carbons (Fsp3) is 0.908. The van der Waals surface area contributed by atoms with E-state index >= 15 is 0 Å². The Labute approximate surface area is 502 Å². The topological polar surface area (TPSA) is 212 Å². The Bertz CT molecular complexity index is 1580. The van der Waals surface area contributed by atoms with Gasteiger partial charge in [-0.05, 0) is 45.2 Å². The van der Waals surface area contributed by atoms with Crippen LogP contribution in [0, 0.1) is 0 Å². The molecule has 0 radical (unpaired) electrons. The molecule has 1 rings (SSSR count). The van der Waals surface area contributed by atoms with Gasteiger partial charge in [0.25, 0.3) is 0 Å². The Morgan fingerprint density at radius 3 is 1.19 bits per heavy atom. The summed E-state index contributed by atoms with van der Waals surface area (Å²) >= 11 is 0. The van der Waals surface area contributed by atoms with Crippen molar-refractivity contribution in [3.8, 4) is 0 Å². The second-order valence-corrected chi connectivity index (χ2v) is 22.9. The number of hydrogen-bond donors (Lipinski definition) is 1. The maximum absolute atomic E-state index is 13.0. The Kier molecular flexibility index (Phi) is 50.5. The first-order chi connectivity index (χ1) is 40.2. The molecule has 18 nitrogen and oxygen atoms in total. The van der Waals surface area contributed by atoms with Crippen molar-refractivity contribution in [1.82, 2.24) is 9.80 Å². The van der Waals surface area contributed by atoms with Gasteiger partial charge in [0.15, 0.2) is 30.9 Å². The number of aliphatic hydroxyl groups is 1. The fourth-order valence-electron chi connectivity index (χ4n) is 10.4. The zero-order valence-corrected chi connectivity index (χ0v) is 53.5. The number of carbonyl (C=O) groups excluding carboxylic acids is 6. The Balaban J connectivity index is 3.08. The van der Waals surface area contributed by atoms with E-state index in [2.05, 4.69) is 30.6 Å². The smallest absolute Gasteiger partial charge is 0.307 e. The third-order valence-electron chi connectivity index (χ3n) is 15.1. The highest BCUT2D eigenvalue weighted by atomic mass is 16.7. The molecule has 1 fully saturated rings. The van der Waals surface area contributed by atoms with Crippen molar-refractivity contribution in [3.63, 3.8) is 0 Å². The van der Waals surface area contributed by atoms with Crippen LogP contribution in [-0.2, 0) is 71.4 Å². The molecule has 0 aromatic heterocycles. The first-order valence-corrected chi connectivity index (χ1v) is 33.2. The highest BCUT2D eigenvalue weighted by Crippen LogP contribution is 2.30. The average Bonchev–Trinajstić information content (AvgIpc) is 3.37. The molecule has 0 spiro atoms. The first kappa shape index (κ1) is 77.6. The van der Waals surface area contributed by atoms with E-state index in [0.29, 0.717) is 78.4 Å². The third kappa shape index (κ3) is 45.6. The van der Waals surface area contributed by atoms with E-state index < -0.39 is 60.9 Å². The highest BCUT2D eigenvalue weighted by Gasteiger charge is 2.52. The normalized spacial score (nSPS) is 17.3. The molecular formula is C65H120N2O16. The minimum atomic E-state index is -1.35. The lowest BCUT2D eigenvalue weighted by molar-refractivity contribution is -0.308. The zero-order chi connectivity index (χ0) is 61.0. The number of aliphatic hydroxyl groups excluding tert-OH is 1. The molecule has 1 N–H and O–H groups in total. The van der Waals surface area contributed by atoms with Crippen LogP contribution in [0.4, 0.5) is 0 Å². The van der Waals surface area contributed by atoms with Gasteiger partial charge in [-0.1, -0.05) is 194 Å². The fourth-order valence-corrected chi connectivity index (χ4v) is 10.4. The molecule has 0 saturated carbocycles. The summed E-state index contributed by atoms with van der Waals surface area (Å²) in [6.07, 6.45) is 30.5. The minimum Gasteiger partial charge on any atom is -0.466 e. The van der Waals surface area contributed by atoms with Gasteiger partial charge in [-0.15, -0.1) is 0 Å². The van der Waals surface area contributed by atoms with Crippen molar-refractivity contribution in [2.24, 2.45) is 0 Å². The second-order valence-electron chi connectivity index (χ2n) is 22.9. The van der Waals surface area contributed by atoms with Gasteiger partial charge < -0.3 is 57.5 Å². The van der Waals surface area contributed by atoms with Crippen LogP contribution in [0.1, 0.15) is 273 Å². The van der Waals surface area contributed by atoms with Gasteiger partial charge in [0.2, 0.25) is 0 Å². The summed E-state index contributed by atoms with van der Waals surface area (Å²) in [6.45, 7) is 15.5. The molecule has 0 aromatic carbocycles. The van der Waals surface area contributed by atoms with Crippen LogP contribution in [0.2, 0.25) is 0 Å². The molecule has 0 aliphatic carbocycles. The number of ether oxygens (including phenoxy) is 9. The van der Waals surface area contributed by atoms with Crippen molar-refractivity contribution >= 4 is 35.8 Å². The van der Waals surface area contributed by atoms with Crippen LogP contribution < -0.4 is 0 Å². The van der Waals surface area contributed by atoms with Crippen LogP contribution in [-0.4, -0.2) is 160 Å². The van der Waals surface area contributed by atoms with Gasteiger partial charge in [0.1, 0.15) is 12.7 Å². The predicted molar refractivity (Wildman–Crippen MR) is 323 cm³/mol. The molecule has 0 bridgehead atoms. The highest BCUT2D eigenvalue weighted by molar-refractivity contribution is 5.70. The van der Waals surface area contributed by atoms with E-state index in [1.54, 1.807) is 0 Å². The van der Waals surface area contributed by atoms with E-state index in [9.17, 15) is 33.9 Å². The molecule has 18 heteroatoms. The van der Waals surface area contributed by atoms with Crippen LogP contribution in [0.5, 0.6) is 0 Å². The molecular weight excluding hydrogens is 1060 g/mol. The van der Waals surface area contributed by atoms with Gasteiger partial charge in [-0.2, -0.15) is 0 Å². The number of nitrogens with zero attached hydrogens (tertiary/aromatic N) is 2. The number of esters is 6. The number of unbranched alkanes of at least 4 members (excludes halogenated alkanes) is 27. The summed E-state index contributed by atoms with van der Waals surface area (Å²) in [5.74, 6) is -3.30. The van der Waals surface area contributed by atoms with Crippen molar-refractivity contribution in [2.75, 3.05) is 72.3 Å². The summed E-state index contributed by atoms with van der Waals surface area (Å²) in [7, 11) is 0. The van der Waals surface area contributed by atoms with Gasteiger partial charge in [0.05, 0.1) is 32.7 Å². The molecule has 6 unspecified atom stereocenters. The van der Waals surface area contributed by atoms with E-state index in [4.69, 9.17) is 42.6 Å². The molecule has 83 heavy (non-hydrogen) atoms. The van der Waals surface area contributed by atoms with Crippen molar-refractivity contribution < 1.29 is 76.5 Å². The van der Waals surface area contributed by atoms with Crippen molar-refractivity contribution in [2.45, 2.75) is 310 Å². The summed E-state index contributed by atoms with van der Waals surface area (Å²) in [6, 6.07) is 0. The summed E-state index contributed by atoms with van der Waals surface area (Å²) < 4.78 is 51.5. The maximum atomic E-state index is 13.0. The van der Waals surface area contributed by atoms with E-state index in [-0.39, 0.29) is 38.0 Å². The molecule has 0 aromatic rings. The van der Waals surface area contributed by atoms with Crippen molar-refractivity contribution in [1.29, 1.82) is 0 Å². The molecule has 1 aliphatic rings. The first-order valence-electron chi connectivity index (χ1n) is 33.2. The Morgan fingerprint density at radius 2 is 0.771 bits per heavy atom. The largest absolute Gasteiger partial charge is 0.466 e. The summed E-state index contributed by atoms with van der Waals surface area (Å²) in [5.41, 5.74) is 0. The Hall–Kier alpha value is -3.42. The predicted octanol–water partition coefficient (Wildman–Crippen LogP) is 12.8. The summed E-state index contributed by atoms with van der Waals surface area (Å²) in [4.78, 5) is 79.3. The molecule has 0 amide bonds. The second kappa shape index (κ2) is 54.0. The van der Waals surface area contributed by atoms with Gasteiger partial charge >= 0.3 is 35.8 Å². The molecule has 6 atom stereocenters. The monoisotopic (exact) mass is 1180 g/mol. The van der Waals surface area contributed by atoms with Gasteiger partial charge in [0, 0.05) is 66.9 Å². The number of rotatable bonds is 57. The van der Waals surface area contributed by atoms with Crippen LogP contribution in [0.3, 0.4) is 0 Å². The number of hydrogen-bond acceptors (Lipinski definition) is 18. The summed E-state index contributed by atoms with van der Waals surface area (Å²) in [5, 5.41) is 11.0. The lowest BCUT2D eigenvalue weighted by Crippen LogP contribution is -2.63. The number of carbonyl (C=O) groups is 6. The van der Waals surface area contributed by atoms with E-state index in [0.717, 1.165) is 64.7 Å². The minimum absolute atomic E-state index is 0.0800. The van der Waals surface area contributed by atoms with Crippen LogP contribution >= 0.6 is 0 Å². The lowest BCUT2D eigenvalue weighted by Gasteiger charge is -2.44. The lowest BCUT2D eigenvalue weighted by atomic mass is 9.98. The molecule has 486 valence electrons. The SMILES string of the molecule is CCCCCCCCCCCCOC(=O)CCN(CCCN(CCCOC1OC(COC(C)=O)C(OC(C)=O)C(OC(C)=O)C1OC(C)=O)CCC(O)OCCCCCCCCCCCC)CCC(=O)OCCCCCCCCCCCC. The third-order valence-corrected chi connectivity index (χ3v) is 15.1. The van der Waals surface area contributed by atoms with Crippen molar-refractivity contribution in [3.05, 3.63) is 0 Å². The Morgan fingerprint density at radius 1 is 0.398 bits per heavy atom. The molecule has 1 aliphatic heterocycles. The molecule has 1 saturated heterocycles. The maximum Gasteiger partial charge on any atom is 0.307 e. The average molecular weight is 1190 g/mol. The van der Waals surface area contributed by atoms with E-state index in [1.165, 1.54) is 156 Å². The van der Waals surface area contributed by atoms with E-state index in [1.807, 2.05) is 0 Å². The quantitative estimate of drug-likeness (QED) is 0.0259. The standard InChI is InChI=1S/C65H120N2O16/c1-8-11-14-17-20-23-26-29-32-35-49-75-59(72)40-46-66(45-39-52-78-65-64(82-57(7)71)63(81-56(6)70)62(80-55(5)69)58(83-65)53-79-54(4)68)43-38-44-67(47-41-60(73)76-50-36-33-30-27-24-21-18-15-12-9-2)48-42-61(74)77-51-37-34-31-28-25-22-19-16-13-10-3/h58-59,62-65,72H,8-53H2,1-7H3. The zero-order valence-electron chi connectivity index (χ0n) is 53.5. The van der Waals surface area contributed by atoms with Crippen LogP contribution in [0.15, 0.2) is 0 Å². The van der Waals surface area contributed by atoms with Crippen LogP contribution in [0.25, 0.3) is 0 Å².